The van der Waals surface area contributed by atoms with Gasteiger partial charge in [0.25, 0.3) is 0 Å². The third kappa shape index (κ3) is 3.01. The lowest BCUT2D eigenvalue weighted by Gasteiger charge is -2.31. The maximum atomic E-state index is 12.2. The Bertz CT molecular complexity index is 280. The molecule has 2 aliphatic rings. The van der Waals surface area contributed by atoms with Gasteiger partial charge in [0.05, 0.1) is 6.04 Å². The van der Waals surface area contributed by atoms with Gasteiger partial charge < -0.3 is 10.2 Å². The average Bonchev–Trinajstić information content (AvgIpc) is 3.09. The van der Waals surface area contributed by atoms with Crippen molar-refractivity contribution < 1.29 is 4.79 Å². The molecule has 1 amide bonds. The zero-order chi connectivity index (χ0) is 12.5. The molecule has 3 heteroatoms. The fourth-order valence-electron chi connectivity index (χ4n) is 2.67. The minimum atomic E-state index is -0.0273. The molecule has 2 rings (SSSR count). The molecule has 1 N–H and O–H groups in total. The first-order valence-electron chi connectivity index (χ1n) is 7.08. The van der Waals surface area contributed by atoms with Crippen molar-refractivity contribution in [2.24, 2.45) is 5.41 Å². The number of hydrogen-bond acceptors (Lipinski definition) is 2. The maximum Gasteiger partial charge on any atom is 0.239 e. The second-order valence-electron chi connectivity index (χ2n) is 6.15. The summed E-state index contributed by atoms with van der Waals surface area (Å²) in [6.45, 7) is 8.45. The maximum absolute atomic E-state index is 12.2. The summed E-state index contributed by atoms with van der Waals surface area (Å²) < 4.78 is 0. The van der Waals surface area contributed by atoms with Crippen molar-refractivity contribution in [3.05, 3.63) is 0 Å². The molecule has 0 spiro atoms. The highest BCUT2D eigenvalue weighted by atomic mass is 16.2. The first-order valence-corrected chi connectivity index (χ1v) is 7.08. The molecule has 0 aromatic heterocycles. The number of amides is 1. The Morgan fingerprint density at radius 1 is 1.18 bits per heavy atom. The van der Waals surface area contributed by atoms with Crippen LogP contribution in [0.4, 0.5) is 0 Å². The van der Waals surface area contributed by atoms with Crippen LogP contribution in [0.3, 0.4) is 0 Å². The van der Waals surface area contributed by atoms with Crippen LogP contribution in [0.5, 0.6) is 0 Å². The highest BCUT2D eigenvalue weighted by Crippen LogP contribution is 2.48. The van der Waals surface area contributed by atoms with Crippen LogP contribution in [-0.4, -0.2) is 36.0 Å². The molecule has 1 saturated heterocycles. The highest BCUT2D eigenvalue weighted by Gasteiger charge is 2.43. The third-order valence-corrected chi connectivity index (χ3v) is 4.62. The predicted molar refractivity (Wildman–Crippen MR) is 69.8 cm³/mol. The summed E-state index contributed by atoms with van der Waals surface area (Å²) in [6.07, 6.45) is 6.22. The van der Waals surface area contributed by atoms with Crippen LogP contribution in [-0.2, 0) is 4.79 Å². The Kier molecular flexibility index (Phi) is 3.76. The number of carbonyl (C=O) groups excluding carboxylic acids is 1. The van der Waals surface area contributed by atoms with Gasteiger partial charge in [-0.15, -0.1) is 0 Å². The number of hydrogen-bond donors (Lipinski definition) is 1. The second-order valence-corrected chi connectivity index (χ2v) is 6.15. The van der Waals surface area contributed by atoms with Gasteiger partial charge in [-0.1, -0.05) is 6.92 Å². The summed E-state index contributed by atoms with van der Waals surface area (Å²) in [5, 5.41) is 3.49. The van der Waals surface area contributed by atoms with Crippen LogP contribution in [0, 0.1) is 5.41 Å². The van der Waals surface area contributed by atoms with Gasteiger partial charge in [-0.3, -0.25) is 4.79 Å². The molecular weight excluding hydrogens is 212 g/mol. The highest BCUT2D eigenvalue weighted by molar-refractivity contribution is 5.81. The summed E-state index contributed by atoms with van der Waals surface area (Å²) in [4.78, 5) is 14.3. The van der Waals surface area contributed by atoms with E-state index in [0.717, 1.165) is 13.1 Å². The largest absolute Gasteiger partial charge is 0.341 e. The third-order valence-electron chi connectivity index (χ3n) is 4.62. The first-order chi connectivity index (χ1) is 8.03. The van der Waals surface area contributed by atoms with E-state index in [0.29, 0.717) is 17.4 Å². The lowest BCUT2D eigenvalue weighted by Crippen LogP contribution is -2.50. The summed E-state index contributed by atoms with van der Waals surface area (Å²) >= 11 is 0. The number of nitrogens with zero attached hydrogens (tertiary/aromatic N) is 1. The van der Waals surface area contributed by atoms with Crippen molar-refractivity contribution in [1.29, 1.82) is 0 Å². The van der Waals surface area contributed by atoms with Crippen molar-refractivity contribution in [1.82, 2.24) is 10.2 Å². The molecule has 1 aliphatic carbocycles. The minimum Gasteiger partial charge on any atom is -0.341 e. The Balaban J connectivity index is 1.81. The summed E-state index contributed by atoms with van der Waals surface area (Å²) in [5.74, 6) is 0.292. The molecule has 0 aromatic carbocycles. The number of likely N-dealkylation sites (tertiary alicyclic amines) is 1. The lowest BCUT2D eigenvalue weighted by molar-refractivity contribution is -0.134. The van der Waals surface area contributed by atoms with Crippen molar-refractivity contribution in [2.75, 3.05) is 13.1 Å². The van der Waals surface area contributed by atoms with Crippen LogP contribution >= 0.6 is 0 Å². The van der Waals surface area contributed by atoms with E-state index in [4.69, 9.17) is 0 Å². The van der Waals surface area contributed by atoms with Gasteiger partial charge in [-0.2, -0.15) is 0 Å². The van der Waals surface area contributed by atoms with Crippen molar-refractivity contribution in [2.45, 2.75) is 65.0 Å². The minimum absolute atomic E-state index is 0.0273. The quantitative estimate of drug-likeness (QED) is 0.814. The SMILES string of the molecule is CC(NC(C)C1(C)CC1)C(=O)N1CCCCC1. The van der Waals surface area contributed by atoms with Gasteiger partial charge in [0.2, 0.25) is 5.91 Å². The molecule has 17 heavy (non-hydrogen) atoms. The molecule has 0 bridgehead atoms. The zero-order valence-electron chi connectivity index (χ0n) is 11.5. The smallest absolute Gasteiger partial charge is 0.239 e. The average molecular weight is 238 g/mol. The van der Waals surface area contributed by atoms with Crippen molar-refractivity contribution >= 4 is 5.91 Å². The fourth-order valence-corrected chi connectivity index (χ4v) is 2.67. The number of piperidine rings is 1. The normalized spacial score (nSPS) is 26.4. The number of carbonyl (C=O) groups is 1. The molecule has 1 saturated carbocycles. The molecule has 1 aliphatic heterocycles. The molecule has 1 heterocycles. The molecule has 0 radical (unpaired) electrons. The molecule has 2 atom stereocenters. The molecule has 98 valence electrons. The standard InChI is InChI=1S/C14H26N2O/c1-11(15-12(2)14(3)7-8-14)13(17)16-9-5-4-6-10-16/h11-12,15H,4-10H2,1-3H3. The van der Waals surface area contributed by atoms with Gasteiger partial charge >= 0.3 is 0 Å². The van der Waals surface area contributed by atoms with Crippen LogP contribution < -0.4 is 5.32 Å². The molecule has 2 fully saturated rings. The number of rotatable bonds is 4. The Hall–Kier alpha value is -0.570. The van der Waals surface area contributed by atoms with Gasteiger partial charge in [0, 0.05) is 19.1 Å². The van der Waals surface area contributed by atoms with Crippen LogP contribution in [0.1, 0.15) is 52.9 Å². The Morgan fingerprint density at radius 3 is 2.29 bits per heavy atom. The molecular formula is C14H26N2O. The predicted octanol–water partition coefficient (Wildman–Crippen LogP) is 2.17. The van der Waals surface area contributed by atoms with Gasteiger partial charge in [0.1, 0.15) is 0 Å². The van der Waals surface area contributed by atoms with Gasteiger partial charge in [0.15, 0.2) is 0 Å². The van der Waals surface area contributed by atoms with Crippen LogP contribution in [0.15, 0.2) is 0 Å². The molecule has 0 aromatic rings. The van der Waals surface area contributed by atoms with E-state index in [2.05, 4.69) is 19.2 Å². The van der Waals surface area contributed by atoms with Crippen molar-refractivity contribution in [3.8, 4) is 0 Å². The lowest BCUT2D eigenvalue weighted by atomic mass is 10.00. The first kappa shape index (κ1) is 12.9. The van der Waals surface area contributed by atoms with E-state index in [1.807, 2.05) is 11.8 Å². The Labute approximate surface area is 105 Å². The van der Waals surface area contributed by atoms with E-state index in [9.17, 15) is 4.79 Å². The summed E-state index contributed by atoms with van der Waals surface area (Å²) in [7, 11) is 0. The Morgan fingerprint density at radius 2 is 1.76 bits per heavy atom. The monoisotopic (exact) mass is 238 g/mol. The van der Waals surface area contributed by atoms with E-state index in [-0.39, 0.29) is 6.04 Å². The van der Waals surface area contributed by atoms with E-state index in [1.54, 1.807) is 0 Å². The van der Waals surface area contributed by atoms with E-state index < -0.39 is 0 Å². The molecule has 2 unspecified atom stereocenters. The number of nitrogens with one attached hydrogen (secondary N) is 1. The van der Waals surface area contributed by atoms with Crippen LogP contribution in [0.25, 0.3) is 0 Å². The van der Waals surface area contributed by atoms with Crippen molar-refractivity contribution in [3.63, 3.8) is 0 Å². The topological polar surface area (TPSA) is 32.3 Å². The zero-order valence-corrected chi connectivity index (χ0v) is 11.5. The van der Waals surface area contributed by atoms with Gasteiger partial charge in [-0.25, -0.2) is 0 Å². The molecule has 3 nitrogen and oxygen atoms in total. The second kappa shape index (κ2) is 4.97. The van der Waals surface area contributed by atoms with E-state index >= 15 is 0 Å². The van der Waals surface area contributed by atoms with Gasteiger partial charge in [-0.05, 0) is 51.4 Å². The van der Waals surface area contributed by atoms with Crippen LogP contribution in [0.2, 0.25) is 0 Å². The fraction of sp³-hybridized carbons (Fsp3) is 0.929. The summed E-state index contributed by atoms with van der Waals surface area (Å²) in [6, 6.07) is 0.423. The summed E-state index contributed by atoms with van der Waals surface area (Å²) in [5.41, 5.74) is 0.441. The van der Waals surface area contributed by atoms with E-state index in [1.165, 1.54) is 32.1 Å².